The highest BCUT2D eigenvalue weighted by Gasteiger charge is 2.03. The van der Waals surface area contributed by atoms with Crippen molar-refractivity contribution in [3.05, 3.63) is 52.5 Å². The van der Waals surface area contributed by atoms with Gasteiger partial charge in [0.1, 0.15) is 0 Å². The molecule has 0 atom stereocenters. The fourth-order valence-corrected chi connectivity index (χ4v) is 2.58. The third-order valence-electron chi connectivity index (χ3n) is 2.83. The van der Waals surface area contributed by atoms with Gasteiger partial charge in [-0.15, -0.1) is 23.7 Å². The number of hydrogen-bond acceptors (Lipinski definition) is 4. The number of halogens is 2. The SMILES string of the molecule is Cl.Cn1cc(Cn2cc(NCc3ccc(F)s3)cn2)cn1. The number of thiophene rings is 1. The van der Waals surface area contributed by atoms with Gasteiger partial charge in [0.05, 0.1) is 24.6 Å². The molecule has 0 bridgehead atoms. The van der Waals surface area contributed by atoms with Gasteiger partial charge in [-0.25, -0.2) is 0 Å². The van der Waals surface area contributed by atoms with Crippen molar-refractivity contribution in [2.45, 2.75) is 13.1 Å². The number of nitrogens with one attached hydrogen (secondary N) is 1. The third kappa shape index (κ3) is 4.05. The molecule has 0 amide bonds. The van der Waals surface area contributed by atoms with Gasteiger partial charge in [-0.3, -0.25) is 9.36 Å². The van der Waals surface area contributed by atoms with Crippen LogP contribution in [0.4, 0.5) is 10.1 Å². The summed E-state index contributed by atoms with van der Waals surface area (Å²) in [5.41, 5.74) is 2.02. The van der Waals surface area contributed by atoms with Gasteiger partial charge in [0, 0.05) is 36.4 Å². The van der Waals surface area contributed by atoms with Crippen LogP contribution < -0.4 is 5.32 Å². The molecule has 0 fully saturated rings. The highest BCUT2D eigenvalue weighted by atomic mass is 35.5. The Hall–Kier alpha value is -1.86. The first-order chi connectivity index (χ1) is 9.69. The van der Waals surface area contributed by atoms with Gasteiger partial charge in [0.2, 0.25) is 0 Å². The Labute approximate surface area is 131 Å². The Balaban J connectivity index is 0.00000161. The van der Waals surface area contributed by atoms with Crippen LogP contribution in [0.2, 0.25) is 0 Å². The predicted molar refractivity (Wildman–Crippen MR) is 83.4 cm³/mol. The van der Waals surface area contributed by atoms with Crippen molar-refractivity contribution in [2.24, 2.45) is 7.05 Å². The minimum atomic E-state index is -0.158. The van der Waals surface area contributed by atoms with Crippen LogP contribution in [0.25, 0.3) is 0 Å². The van der Waals surface area contributed by atoms with Gasteiger partial charge < -0.3 is 5.32 Å². The molecule has 112 valence electrons. The Morgan fingerprint density at radius 3 is 2.76 bits per heavy atom. The van der Waals surface area contributed by atoms with E-state index >= 15 is 0 Å². The van der Waals surface area contributed by atoms with E-state index < -0.39 is 0 Å². The molecule has 0 saturated heterocycles. The van der Waals surface area contributed by atoms with Gasteiger partial charge in [-0.1, -0.05) is 0 Å². The maximum absolute atomic E-state index is 12.9. The lowest BCUT2D eigenvalue weighted by Gasteiger charge is -2.00. The number of anilines is 1. The fraction of sp³-hybridized carbons (Fsp3) is 0.231. The van der Waals surface area contributed by atoms with Crippen LogP contribution in [0.1, 0.15) is 10.4 Å². The van der Waals surface area contributed by atoms with Gasteiger partial charge in [-0.05, 0) is 12.1 Å². The van der Waals surface area contributed by atoms with Crippen molar-refractivity contribution < 1.29 is 4.39 Å². The maximum Gasteiger partial charge on any atom is 0.176 e. The van der Waals surface area contributed by atoms with Crippen LogP contribution in [0.5, 0.6) is 0 Å². The second kappa shape index (κ2) is 6.73. The number of hydrogen-bond donors (Lipinski definition) is 1. The minimum absolute atomic E-state index is 0. The molecule has 3 heterocycles. The molecule has 1 N–H and O–H groups in total. The zero-order valence-electron chi connectivity index (χ0n) is 11.4. The maximum atomic E-state index is 12.9. The average Bonchev–Trinajstić information content (AvgIpc) is 3.11. The molecular formula is C13H15ClFN5S. The lowest BCUT2D eigenvalue weighted by Crippen LogP contribution is -1.99. The van der Waals surface area contributed by atoms with E-state index in [9.17, 15) is 4.39 Å². The molecule has 3 aromatic heterocycles. The zero-order valence-corrected chi connectivity index (χ0v) is 13.0. The van der Waals surface area contributed by atoms with Crippen LogP contribution in [0.3, 0.4) is 0 Å². The molecule has 3 rings (SSSR count). The van der Waals surface area contributed by atoms with E-state index in [2.05, 4.69) is 15.5 Å². The number of aryl methyl sites for hydroxylation is 1. The predicted octanol–water partition coefficient (Wildman–Crippen LogP) is 2.90. The Morgan fingerprint density at radius 2 is 2.10 bits per heavy atom. The summed E-state index contributed by atoms with van der Waals surface area (Å²) in [7, 11) is 1.89. The van der Waals surface area contributed by atoms with Gasteiger partial charge in [0.25, 0.3) is 0 Å². The van der Waals surface area contributed by atoms with E-state index in [0.717, 1.165) is 27.5 Å². The Kier molecular flexibility index (Phi) is 4.98. The first kappa shape index (κ1) is 15.5. The van der Waals surface area contributed by atoms with Gasteiger partial charge >= 0.3 is 0 Å². The largest absolute Gasteiger partial charge is 0.378 e. The fourth-order valence-electron chi connectivity index (χ4n) is 1.92. The molecule has 21 heavy (non-hydrogen) atoms. The Morgan fingerprint density at radius 1 is 1.24 bits per heavy atom. The molecule has 0 aromatic carbocycles. The third-order valence-corrected chi connectivity index (χ3v) is 3.71. The summed E-state index contributed by atoms with van der Waals surface area (Å²) < 4.78 is 16.5. The van der Waals surface area contributed by atoms with Crippen molar-refractivity contribution in [2.75, 3.05) is 5.32 Å². The molecule has 8 heteroatoms. The average molecular weight is 328 g/mol. The lowest BCUT2D eigenvalue weighted by atomic mass is 10.4. The van der Waals surface area contributed by atoms with E-state index in [1.807, 2.05) is 30.3 Å². The number of rotatable bonds is 5. The van der Waals surface area contributed by atoms with E-state index in [-0.39, 0.29) is 17.5 Å². The highest BCUT2D eigenvalue weighted by Crippen LogP contribution is 2.16. The summed E-state index contributed by atoms with van der Waals surface area (Å²) >= 11 is 1.15. The van der Waals surface area contributed by atoms with Crippen molar-refractivity contribution in [3.63, 3.8) is 0 Å². The first-order valence-electron chi connectivity index (χ1n) is 6.17. The first-order valence-corrected chi connectivity index (χ1v) is 6.99. The van der Waals surface area contributed by atoms with Crippen molar-refractivity contribution in [3.8, 4) is 0 Å². The quantitative estimate of drug-likeness (QED) is 0.784. The lowest BCUT2D eigenvalue weighted by molar-refractivity contribution is 0.657. The summed E-state index contributed by atoms with van der Waals surface area (Å²) in [5.74, 6) is 0. The molecular weight excluding hydrogens is 313 g/mol. The summed E-state index contributed by atoms with van der Waals surface area (Å²) in [6, 6.07) is 3.26. The highest BCUT2D eigenvalue weighted by molar-refractivity contribution is 7.10. The molecule has 3 aromatic rings. The standard InChI is InChI=1S/C13H14FN5S.ClH/c1-18-7-10(4-16-18)8-19-9-11(5-17-19)15-6-12-2-3-13(14)20-12;/h2-5,7,9,15H,6,8H2,1H3;1H. The van der Waals surface area contributed by atoms with E-state index in [1.165, 1.54) is 6.07 Å². The smallest absolute Gasteiger partial charge is 0.176 e. The van der Waals surface area contributed by atoms with Crippen LogP contribution in [-0.2, 0) is 20.1 Å². The van der Waals surface area contributed by atoms with Gasteiger partial charge in [-0.2, -0.15) is 14.6 Å². The van der Waals surface area contributed by atoms with Crippen LogP contribution >= 0.6 is 23.7 Å². The van der Waals surface area contributed by atoms with Crippen LogP contribution in [-0.4, -0.2) is 19.6 Å². The summed E-state index contributed by atoms with van der Waals surface area (Å²) in [6.45, 7) is 1.29. The minimum Gasteiger partial charge on any atom is -0.378 e. The van der Waals surface area contributed by atoms with Crippen molar-refractivity contribution in [1.29, 1.82) is 0 Å². The van der Waals surface area contributed by atoms with E-state index in [0.29, 0.717) is 13.1 Å². The van der Waals surface area contributed by atoms with Gasteiger partial charge in [0.15, 0.2) is 5.13 Å². The summed E-state index contributed by atoms with van der Waals surface area (Å²) in [5, 5.41) is 11.5. The molecule has 0 saturated carbocycles. The van der Waals surface area contributed by atoms with E-state index in [1.54, 1.807) is 16.9 Å². The molecule has 0 unspecified atom stereocenters. The van der Waals surface area contributed by atoms with E-state index in [4.69, 9.17) is 0 Å². The zero-order chi connectivity index (χ0) is 13.9. The second-order valence-electron chi connectivity index (χ2n) is 4.51. The molecule has 0 radical (unpaired) electrons. The number of aromatic nitrogens is 4. The van der Waals surface area contributed by atoms with Crippen molar-refractivity contribution in [1.82, 2.24) is 19.6 Å². The molecule has 0 aliphatic heterocycles. The summed E-state index contributed by atoms with van der Waals surface area (Å²) in [6.07, 6.45) is 7.48. The second-order valence-corrected chi connectivity index (χ2v) is 5.63. The van der Waals surface area contributed by atoms with Crippen molar-refractivity contribution >= 4 is 29.4 Å². The normalized spacial score (nSPS) is 10.4. The summed E-state index contributed by atoms with van der Waals surface area (Å²) in [4.78, 5) is 0.961. The Bertz CT molecular complexity index is 705. The topological polar surface area (TPSA) is 47.7 Å². The molecule has 0 spiro atoms. The molecule has 0 aliphatic rings. The van der Waals surface area contributed by atoms with Crippen LogP contribution in [0, 0.1) is 5.13 Å². The molecule has 0 aliphatic carbocycles. The molecule has 5 nitrogen and oxygen atoms in total. The van der Waals surface area contributed by atoms with Crippen LogP contribution in [0.15, 0.2) is 36.9 Å². The monoisotopic (exact) mass is 327 g/mol. The number of nitrogens with zero attached hydrogens (tertiary/aromatic N) is 4.